The first-order valence-corrected chi connectivity index (χ1v) is 29.5. The molecule has 2 unspecified atom stereocenters. The number of rotatable bonds is 49. The number of esters is 3. The van der Waals surface area contributed by atoms with Gasteiger partial charge in [0.15, 0.2) is 0 Å². The van der Waals surface area contributed by atoms with Gasteiger partial charge in [0.2, 0.25) is 0 Å². The topological polar surface area (TPSA) is 94.6 Å². The number of carbonyl (C=O) groups is 3. The van der Waals surface area contributed by atoms with Crippen molar-refractivity contribution in [2.24, 2.45) is 11.3 Å². The van der Waals surface area contributed by atoms with Gasteiger partial charge in [-0.15, -0.1) is 0 Å². The smallest absolute Gasteiger partial charge is 0.311 e. The van der Waals surface area contributed by atoms with Crippen LogP contribution in [0.1, 0.15) is 279 Å². The van der Waals surface area contributed by atoms with Crippen LogP contribution in [-0.2, 0) is 33.3 Å². The van der Waals surface area contributed by atoms with Gasteiger partial charge in [-0.3, -0.25) is 19.3 Å². The Kier molecular flexibility index (Phi) is 41.6. The minimum absolute atomic E-state index is 0.000860. The molecule has 1 saturated heterocycles. The highest BCUT2D eigenvalue weighted by atomic mass is 16.6. The molecule has 1 aliphatic rings. The second kappa shape index (κ2) is 44.0. The van der Waals surface area contributed by atoms with Crippen molar-refractivity contribution in [2.45, 2.75) is 297 Å². The third-order valence-electron chi connectivity index (χ3n) is 14.6. The number of carbonyl (C=O) groups excluding carboxylic acids is 3. The van der Waals surface area contributed by atoms with Crippen LogP contribution in [-0.4, -0.2) is 99.5 Å². The predicted molar refractivity (Wildman–Crippen MR) is 286 cm³/mol. The van der Waals surface area contributed by atoms with Crippen LogP contribution >= 0.6 is 0 Å². The first kappa shape index (κ1) is 64.3. The Bertz CT molecular complexity index is 1150. The summed E-state index contributed by atoms with van der Waals surface area (Å²) in [5.41, 5.74) is -0.459. The Hall–Kier alpha value is -1.71. The Labute approximate surface area is 421 Å². The third kappa shape index (κ3) is 36.2. The first-order chi connectivity index (χ1) is 32.9. The number of ether oxygens (including phenoxy) is 4. The molecule has 0 aromatic heterocycles. The monoisotopic (exact) mass is 963 g/mol. The van der Waals surface area contributed by atoms with E-state index in [-0.39, 0.29) is 36.2 Å². The van der Waals surface area contributed by atoms with Crippen molar-refractivity contribution in [3.63, 3.8) is 0 Å². The van der Waals surface area contributed by atoms with E-state index in [1.54, 1.807) is 0 Å². The molecule has 2 atom stereocenters. The lowest BCUT2D eigenvalue weighted by molar-refractivity contribution is -0.154. The third-order valence-corrected chi connectivity index (χ3v) is 14.6. The molecule has 1 rings (SSSR count). The summed E-state index contributed by atoms with van der Waals surface area (Å²) in [6.45, 7) is 17.5. The highest BCUT2D eigenvalue weighted by Gasteiger charge is 2.34. The van der Waals surface area contributed by atoms with E-state index < -0.39 is 5.41 Å². The minimum atomic E-state index is -0.459. The average molecular weight is 964 g/mol. The molecule has 0 radical (unpaired) electrons. The summed E-state index contributed by atoms with van der Waals surface area (Å²) in [6.07, 6.45) is 42.0. The maximum atomic E-state index is 13.1. The molecular weight excluding hydrogens is 849 g/mol. The average Bonchev–Trinajstić information content (AvgIpc) is 3.69. The van der Waals surface area contributed by atoms with Gasteiger partial charge >= 0.3 is 17.9 Å². The van der Waals surface area contributed by atoms with E-state index in [0.717, 1.165) is 116 Å². The first-order valence-electron chi connectivity index (χ1n) is 29.5. The molecule has 1 heterocycles. The predicted octanol–water partition coefficient (Wildman–Crippen LogP) is 15.8. The van der Waals surface area contributed by atoms with E-state index in [4.69, 9.17) is 18.9 Å². The quantitative estimate of drug-likeness (QED) is 0.0336. The normalized spacial score (nSPS) is 15.6. The van der Waals surface area contributed by atoms with Crippen molar-refractivity contribution in [1.29, 1.82) is 0 Å². The molecule has 0 spiro atoms. The van der Waals surface area contributed by atoms with Crippen LogP contribution in [0.3, 0.4) is 0 Å². The van der Waals surface area contributed by atoms with E-state index in [0.29, 0.717) is 32.6 Å². The van der Waals surface area contributed by atoms with Crippen LogP contribution in [0.25, 0.3) is 0 Å². The summed E-state index contributed by atoms with van der Waals surface area (Å²) in [5.74, 6) is 0.607. The lowest BCUT2D eigenvalue weighted by Crippen LogP contribution is -2.34. The largest absolute Gasteiger partial charge is 0.465 e. The van der Waals surface area contributed by atoms with Crippen LogP contribution in [0, 0.1) is 11.3 Å². The molecule has 0 aromatic carbocycles. The Morgan fingerprint density at radius 2 is 1.09 bits per heavy atom. The van der Waals surface area contributed by atoms with E-state index in [1.807, 2.05) is 32.8 Å². The fraction of sp³-hybridized carbons (Fsp3) is 0.949. The van der Waals surface area contributed by atoms with E-state index in [9.17, 15) is 14.4 Å². The summed E-state index contributed by atoms with van der Waals surface area (Å²) in [6, 6.07) is 0.246. The van der Waals surface area contributed by atoms with Crippen LogP contribution in [0.4, 0.5) is 0 Å². The molecule has 1 fully saturated rings. The van der Waals surface area contributed by atoms with Crippen molar-refractivity contribution >= 4 is 17.9 Å². The van der Waals surface area contributed by atoms with Gasteiger partial charge in [0.05, 0.1) is 25.0 Å². The van der Waals surface area contributed by atoms with Crippen molar-refractivity contribution < 1.29 is 33.3 Å². The number of likely N-dealkylation sites (tertiary alicyclic amines) is 1. The summed E-state index contributed by atoms with van der Waals surface area (Å²) < 4.78 is 24.1. The highest BCUT2D eigenvalue weighted by Crippen LogP contribution is 2.28. The summed E-state index contributed by atoms with van der Waals surface area (Å²) in [5, 5.41) is 0. The van der Waals surface area contributed by atoms with Gasteiger partial charge in [-0.2, -0.15) is 0 Å². The highest BCUT2D eigenvalue weighted by molar-refractivity contribution is 5.75. The van der Waals surface area contributed by atoms with Crippen LogP contribution < -0.4 is 0 Å². The van der Waals surface area contributed by atoms with Gasteiger partial charge in [-0.1, -0.05) is 182 Å². The molecule has 0 N–H and O–H groups in total. The van der Waals surface area contributed by atoms with Crippen molar-refractivity contribution in [3.8, 4) is 0 Å². The van der Waals surface area contributed by atoms with Gasteiger partial charge in [0.25, 0.3) is 0 Å². The van der Waals surface area contributed by atoms with Gasteiger partial charge in [-0.05, 0) is 105 Å². The Balaban J connectivity index is 2.43. The summed E-state index contributed by atoms with van der Waals surface area (Å²) in [7, 11) is 3.96. The lowest BCUT2D eigenvalue weighted by Gasteiger charge is -2.24. The second-order valence-electron chi connectivity index (χ2n) is 22.1. The number of hydrogen-bond acceptors (Lipinski definition) is 9. The maximum absolute atomic E-state index is 13.1. The molecule has 1 aliphatic heterocycles. The Morgan fingerprint density at radius 1 is 0.574 bits per heavy atom. The molecule has 0 amide bonds. The summed E-state index contributed by atoms with van der Waals surface area (Å²) in [4.78, 5) is 43.1. The molecule has 0 bridgehead atoms. The van der Waals surface area contributed by atoms with E-state index in [1.165, 1.54) is 135 Å². The molecule has 0 aliphatic carbocycles. The van der Waals surface area contributed by atoms with Crippen molar-refractivity contribution in [2.75, 3.05) is 53.6 Å². The standard InChI is InChI=1S/C59H114N2O7/c1-9-13-17-19-22-30-40-54(41-31-23-20-18-14-10-2)67-56(62)42-32-24-21-27-35-47-65-51-53-49-55(68-57(63)43-46-60(7)8)50-61(53)45-34-26-25-33-44-59(5,6)58(64)66-48-36-39-52(37-28-15-11-3)38-29-16-12-4/h52-55H,9-51H2,1-8H3. The number of hydrogen-bond donors (Lipinski definition) is 0. The van der Waals surface area contributed by atoms with E-state index >= 15 is 0 Å². The number of unbranched alkanes of at least 4 members (excludes halogenated alkanes) is 21. The van der Waals surface area contributed by atoms with Crippen LogP contribution in [0.15, 0.2) is 0 Å². The van der Waals surface area contributed by atoms with Crippen LogP contribution in [0.5, 0.6) is 0 Å². The zero-order valence-corrected chi connectivity index (χ0v) is 46.5. The zero-order chi connectivity index (χ0) is 49.9. The summed E-state index contributed by atoms with van der Waals surface area (Å²) >= 11 is 0. The van der Waals surface area contributed by atoms with Crippen molar-refractivity contribution in [3.05, 3.63) is 0 Å². The molecule has 9 heteroatoms. The lowest BCUT2D eigenvalue weighted by atomic mass is 9.87. The second-order valence-corrected chi connectivity index (χ2v) is 22.1. The van der Waals surface area contributed by atoms with Gasteiger partial charge in [0, 0.05) is 38.6 Å². The fourth-order valence-corrected chi connectivity index (χ4v) is 9.93. The van der Waals surface area contributed by atoms with Gasteiger partial charge < -0.3 is 23.8 Å². The molecule has 68 heavy (non-hydrogen) atoms. The molecular formula is C59H114N2O7. The molecule has 9 nitrogen and oxygen atoms in total. The Morgan fingerprint density at radius 3 is 1.71 bits per heavy atom. The van der Waals surface area contributed by atoms with Gasteiger partial charge in [-0.25, -0.2) is 0 Å². The molecule has 0 aromatic rings. The zero-order valence-electron chi connectivity index (χ0n) is 46.5. The number of nitrogens with zero attached hydrogens (tertiary/aromatic N) is 2. The van der Waals surface area contributed by atoms with Gasteiger partial charge in [0.1, 0.15) is 12.2 Å². The maximum Gasteiger partial charge on any atom is 0.311 e. The minimum Gasteiger partial charge on any atom is -0.465 e. The van der Waals surface area contributed by atoms with Crippen LogP contribution in [0.2, 0.25) is 0 Å². The van der Waals surface area contributed by atoms with Crippen molar-refractivity contribution in [1.82, 2.24) is 9.80 Å². The molecule has 402 valence electrons. The fourth-order valence-electron chi connectivity index (χ4n) is 9.93. The SMILES string of the molecule is CCCCCCCCC(CCCCCCCC)OC(=O)CCCCCCCOCC1CC(OC(=O)CCN(C)C)CN1CCCCCCC(C)(C)C(=O)OCCCC(CCCCC)CCCCC. The molecule has 0 saturated carbocycles. The van der Waals surface area contributed by atoms with E-state index in [2.05, 4.69) is 32.6 Å².